The lowest BCUT2D eigenvalue weighted by Gasteiger charge is -2.12. The molecule has 6 nitrogen and oxygen atoms in total. The molecule has 0 bridgehead atoms. The predicted octanol–water partition coefficient (Wildman–Crippen LogP) is 3.68. The fourth-order valence-electron chi connectivity index (χ4n) is 3.21. The van der Waals surface area contributed by atoms with Crippen LogP contribution in [0.2, 0.25) is 0 Å². The van der Waals surface area contributed by atoms with Crippen molar-refractivity contribution in [3.8, 4) is 11.1 Å². The lowest BCUT2D eigenvalue weighted by Crippen LogP contribution is -2.22. The zero-order valence-electron chi connectivity index (χ0n) is 15.9. The first kappa shape index (κ1) is 18.6. The molecule has 2 aromatic heterocycles. The molecule has 0 fully saturated rings. The minimum absolute atomic E-state index is 0.0410. The summed E-state index contributed by atoms with van der Waals surface area (Å²) < 4.78 is 6.78. The van der Waals surface area contributed by atoms with Gasteiger partial charge in [0.1, 0.15) is 5.56 Å². The van der Waals surface area contributed by atoms with E-state index in [0.29, 0.717) is 12.2 Å². The van der Waals surface area contributed by atoms with Gasteiger partial charge < -0.3 is 9.30 Å². The van der Waals surface area contributed by atoms with Gasteiger partial charge in [-0.3, -0.25) is 4.79 Å². The Morgan fingerprint density at radius 2 is 1.66 bits per heavy atom. The second-order valence-corrected chi connectivity index (χ2v) is 6.51. The Morgan fingerprint density at radius 1 is 0.966 bits per heavy atom. The van der Waals surface area contributed by atoms with E-state index in [1.807, 2.05) is 42.5 Å². The van der Waals surface area contributed by atoms with Crippen molar-refractivity contribution in [2.75, 3.05) is 6.61 Å². The maximum absolute atomic E-state index is 12.6. The molecule has 4 aromatic rings. The number of hydrogen-bond donors (Lipinski definition) is 0. The Balaban J connectivity index is 1.73. The second-order valence-electron chi connectivity index (χ2n) is 6.51. The Bertz CT molecular complexity index is 1220. The number of hydrogen-bond acceptors (Lipinski definition) is 5. The molecule has 0 saturated carbocycles. The molecule has 0 radical (unpaired) electrons. The third kappa shape index (κ3) is 3.78. The molecule has 0 aliphatic heterocycles. The quantitative estimate of drug-likeness (QED) is 0.490. The fraction of sp³-hybridized carbons (Fsp3) is 0.130. The van der Waals surface area contributed by atoms with Crippen molar-refractivity contribution < 1.29 is 9.53 Å². The van der Waals surface area contributed by atoms with Gasteiger partial charge in [0.25, 0.3) is 0 Å². The number of rotatable bonds is 5. The van der Waals surface area contributed by atoms with Gasteiger partial charge in [-0.2, -0.15) is 0 Å². The van der Waals surface area contributed by atoms with Gasteiger partial charge in [-0.25, -0.2) is 14.8 Å². The summed E-state index contributed by atoms with van der Waals surface area (Å²) >= 11 is 0. The van der Waals surface area contributed by atoms with E-state index in [4.69, 9.17) is 4.74 Å². The molecular weight excluding hydrogens is 366 g/mol. The zero-order valence-corrected chi connectivity index (χ0v) is 15.9. The van der Waals surface area contributed by atoms with Gasteiger partial charge in [0.2, 0.25) is 5.43 Å². The molecule has 0 unspecified atom stereocenters. The molecule has 144 valence electrons. The summed E-state index contributed by atoms with van der Waals surface area (Å²) in [6.45, 7) is 2.33. The highest BCUT2D eigenvalue weighted by Gasteiger charge is 2.18. The van der Waals surface area contributed by atoms with Crippen molar-refractivity contribution in [3.63, 3.8) is 0 Å². The predicted molar refractivity (Wildman–Crippen MR) is 111 cm³/mol. The van der Waals surface area contributed by atoms with E-state index in [0.717, 1.165) is 16.7 Å². The smallest absolute Gasteiger partial charge is 0.343 e. The van der Waals surface area contributed by atoms with Gasteiger partial charge in [0.15, 0.2) is 11.2 Å². The van der Waals surface area contributed by atoms with Crippen LogP contribution in [0, 0.1) is 0 Å². The summed E-state index contributed by atoms with van der Waals surface area (Å²) in [5.41, 5.74) is 3.34. The Morgan fingerprint density at radius 3 is 2.38 bits per heavy atom. The Hall–Kier alpha value is -3.80. The largest absolute Gasteiger partial charge is 0.462 e. The normalized spacial score (nSPS) is 10.8. The van der Waals surface area contributed by atoms with Crippen LogP contribution in [-0.4, -0.2) is 27.1 Å². The summed E-state index contributed by atoms with van der Waals surface area (Å²) in [6.07, 6.45) is 4.47. The molecule has 0 amide bonds. The van der Waals surface area contributed by atoms with Crippen LogP contribution in [0.5, 0.6) is 0 Å². The number of nitrogens with zero attached hydrogens (tertiary/aromatic N) is 3. The average molecular weight is 385 g/mol. The maximum Gasteiger partial charge on any atom is 0.343 e. The topological polar surface area (TPSA) is 74.1 Å². The summed E-state index contributed by atoms with van der Waals surface area (Å²) in [5.74, 6) is -0.654. The first-order valence-corrected chi connectivity index (χ1v) is 9.33. The van der Waals surface area contributed by atoms with Crippen LogP contribution in [0.15, 0.2) is 78.0 Å². The van der Waals surface area contributed by atoms with E-state index in [2.05, 4.69) is 22.1 Å². The number of carbonyl (C=O) groups excluding carboxylic acids is 1. The van der Waals surface area contributed by atoms with E-state index in [1.54, 1.807) is 11.5 Å². The summed E-state index contributed by atoms with van der Waals surface area (Å²) in [7, 11) is 0. The van der Waals surface area contributed by atoms with Crippen molar-refractivity contribution >= 4 is 17.1 Å². The van der Waals surface area contributed by atoms with E-state index < -0.39 is 11.4 Å². The van der Waals surface area contributed by atoms with Gasteiger partial charge in [-0.05, 0) is 23.6 Å². The lowest BCUT2D eigenvalue weighted by atomic mass is 10.0. The van der Waals surface area contributed by atoms with E-state index >= 15 is 0 Å². The van der Waals surface area contributed by atoms with Crippen LogP contribution >= 0.6 is 0 Å². The molecule has 0 N–H and O–H groups in total. The van der Waals surface area contributed by atoms with E-state index in [9.17, 15) is 9.59 Å². The van der Waals surface area contributed by atoms with E-state index in [1.165, 1.54) is 18.6 Å². The van der Waals surface area contributed by atoms with Crippen LogP contribution < -0.4 is 5.43 Å². The average Bonchev–Trinajstić information content (AvgIpc) is 2.77. The van der Waals surface area contributed by atoms with Crippen molar-refractivity contribution in [1.82, 2.24) is 14.5 Å². The van der Waals surface area contributed by atoms with Crippen molar-refractivity contribution in [1.29, 1.82) is 0 Å². The molecule has 0 saturated heterocycles. The van der Waals surface area contributed by atoms with Gasteiger partial charge in [0.05, 0.1) is 6.61 Å². The Kier molecular flexibility index (Phi) is 5.16. The van der Waals surface area contributed by atoms with Crippen molar-refractivity contribution in [2.45, 2.75) is 13.5 Å². The molecule has 2 aromatic carbocycles. The lowest BCUT2D eigenvalue weighted by molar-refractivity contribution is 0.0524. The van der Waals surface area contributed by atoms with Gasteiger partial charge in [-0.15, -0.1) is 0 Å². The highest BCUT2D eigenvalue weighted by atomic mass is 16.5. The van der Waals surface area contributed by atoms with Gasteiger partial charge in [0, 0.05) is 25.1 Å². The molecule has 29 heavy (non-hydrogen) atoms. The first-order chi connectivity index (χ1) is 14.2. The molecule has 0 spiro atoms. The highest BCUT2D eigenvalue weighted by molar-refractivity contribution is 5.92. The number of pyridine rings is 1. The summed E-state index contributed by atoms with van der Waals surface area (Å²) in [6, 6.07) is 18.3. The maximum atomic E-state index is 12.6. The van der Waals surface area contributed by atoms with Crippen LogP contribution in [-0.2, 0) is 11.3 Å². The standard InChI is InChI=1S/C23H19N3O3/c1-2-29-23(28)19-15-26(22-20(21(19)27)24-12-13-25-22)14-16-8-10-18(11-9-16)17-6-4-3-5-7-17/h3-13,15H,2,14H2,1H3. The molecule has 0 aliphatic rings. The van der Waals surface area contributed by atoms with Crippen LogP contribution in [0.4, 0.5) is 0 Å². The third-order valence-electron chi connectivity index (χ3n) is 4.60. The number of benzene rings is 2. The van der Waals surface area contributed by atoms with Crippen LogP contribution in [0.1, 0.15) is 22.8 Å². The monoisotopic (exact) mass is 385 g/mol. The third-order valence-corrected chi connectivity index (χ3v) is 4.60. The highest BCUT2D eigenvalue weighted by Crippen LogP contribution is 2.20. The van der Waals surface area contributed by atoms with Gasteiger partial charge >= 0.3 is 5.97 Å². The van der Waals surface area contributed by atoms with Crippen molar-refractivity contribution in [3.05, 3.63) is 94.5 Å². The number of aromatic nitrogens is 3. The molecular formula is C23H19N3O3. The minimum atomic E-state index is -0.654. The van der Waals surface area contributed by atoms with Crippen LogP contribution in [0.3, 0.4) is 0 Å². The number of fused-ring (bicyclic) bond motifs is 1. The fourth-order valence-corrected chi connectivity index (χ4v) is 3.21. The van der Waals surface area contributed by atoms with Crippen molar-refractivity contribution in [2.24, 2.45) is 0 Å². The number of esters is 1. The first-order valence-electron chi connectivity index (χ1n) is 9.33. The zero-order chi connectivity index (χ0) is 20.2. The number of ether oxygens (including phenoxy) is 1. The molecule has 0 aliphatic carbocycles. The molecule has 2 heterocycles. The van der Waals surface area contributed by atoms with Gasteiger partial charge in [-0.1, -0.05) is 54.6 Å². The molecule has 0 atom stereocenters. The second kappa shape index (κ2) is 8.06. The summed E-state index contributed by atoms with van der Waals surface area (Å²) in [5, 5.41) is 0. The van der Waals surface area contributed by atoms with E-state index in [-0.39, 0.29) is 17.7 Å². The SMILES string of the molecule is CCOC(=O)c1cn(Cc2ccc(-c3ccccc3)cc2)c2nccnc2c1=O. The van der Waals surface area contributed by atoms with Crippen LogP contribution in [0.25, 0.3) is 22.3 Å². The Labute approximate surface area is 167 Å². The summed E-state index contributed by atoms with van der Waals surface area (Å²) in [4.78, 5) is 33.3. The molecule has 6 heteroatoms. The molecule has 4 rings (SSSR count). The minimum Gasteiger partial charge on any atom is -0.462 e. The number of carbonyl (C=O) groups is 1.